The zero-order valence-electron chi connectivity index (χ0n) is 16.5. The summed E-state index contributed by atoms with van der Waals surface area (Å²) in [6, 6.07) is 6.69. The number of piperidine rings is 1. The van der Waals surface area contributed by atoms with Crippen LogP contribution >= 0.6 is 35.7 Å². The molecule has 0 bridgehead atoms. The van der Waals surface area contributed by atoms with Gasteiger partial charge in [-0.3, -0.25) is 9.89 Å². The number of halogens is 5. The number of rotatable bonds is 8. The average Bonchev–Trinajstić information content (AvgIpc) is 2.65. The molecular weight excluding hydrogens is 519 g/mol. The number of thioether (sulfide) groups is 1. The van der Waals surface area contributed by atoms with Gasteiger partial charge in [0.25, 0.3) is 0 Å². The van der Waals surface area contributed by atoms with E-state index in [-0.39, 0.29) is 29.8 Å². The van der Waals surface area contributed by atoms with Crippen LogP contribution in [0.4, 0.5) is 17.6 Å². The van der Waals surface area contributed by atoms with Gasteiger partial charge in [-0.05, 0) is 50.4 Å². The van der Waals surface area contributed by atoms with Crippen molar-refractivity contribution in [2.45, 2.75) is 30.3 Å². The predicted molar refractivity (Wildman–Crippen MR) is 122 cm³/mol. The standard InChI is InChI=1S/C19H28F4N4S.HI/c1-24-18(26-10-13-28-17-5-3-2-4-16(17)20)25-9-6-15-7-11-27(12-8-15)14-19(21,22)23;/h2-5,15H,6-14H2,1H3,(H2,24,25,26);1H. The first kappa shape index (κ1) is 26.3. The third-order valence-corrected chi connectivity index (χ3v) is 5.72. The van der Waals surface area contributed by atoms with E-state index < -0.39 is 12.7 Å². The van der Waals surface area contributed by atoms with E-state index in [1.807, 2.05) is 6.07 Å². The minimum Gasteiger partial charge on any atom is -0.356 e. The molecule has 4 nitrogen and oxygen atoms in total. The second-order valence-electron chi connectivity index (χ2n) is 6.83. The maximum atomic E-state index is 13.6. The zero-order chi connectivity index (χ0) is 20.4. The topological polar surface area (TPSA) is 39.7 Å². The molecule has 0 spiro atoms. The Morgan fingerprint density at radius 3 is 2.45 bits per heavy atom. The number of benzene rings is 1. The molecule has 10 heteroatoms. The summed E-state index contributed by atoms with van der Waals surface area (Å²) in [4.78, 5) is 6.28. The molecule has 1 fully saturated rings. The molecule has 166 valence electrons. The van der Waals surface area contributed by atoms with E-state index >= 15 is 0 Å². The number of alkyl halides is 3. The van der Waals surface area contributed by atoms with Gasteiger partial charge in [0.05, 0.1) is 6.54 Å². The first-order chi connectivity index (χ1) is 13.4. The summed E-state index contributed by atoms with van der Waals surface area (Å²) in [6.45, 7) is 1.58. The Bertz CT molecular complexity index is 622. The van der Waals surface area contributed by atoms with Gasteiger partial charge in [-0.2, -0.15) is 13.2 Å². The zero-order valence-corrected chi connectivity index (χ0v) is 19.6. The van der Waals surface area contributed by atoms with Crippen LogP contribution in [-0.2, 0) is 0 Å². The number of nitrogens with one attached hydrogen (secondary N) is 2. The van der Waals surface area contributed by atoms with Gasteiger partial charge < -0.3 is 10.6 Å². The van der Waals surface area contributed by atoms with Crippen LogP contribution in [0.3, 0.4) is 0 Å². The number of guanidine groups is 1. The lowest BCUT2D eigenvalue weighted by Crippen LogP contribution is -2.42. The van der Waals surface area contributed by atoms with Crippen LogP contribution < -0.4 is 10.6 Å². The molecule has 0 aromatic heterocycles. The average molecular weight is 548 g/mol. The Morgan fingerprint density at radius 2 is 1.83 bits per heavy atom. The fourth-order valence-corrected chi connectivity index (χ4v) is 4.00. The molecule has 1 saturated heterocycles. The molecule has 0 aliphatic carbocycles. The van der Waals surface area contributed by atoms with Crippen LogP contribution in [0.15, 0.2) is 34.2 Å². The van der Waals surface area contributed by atoms with E-state index in [9.17, 15) is 17.6 Å². The van der Waals surface area contributed by atoms with Crippen LogP contribution in [0, 0.1) is 11.7 Å². The van der Waals surface area contributed by atoms with Crippen molar-refractivity contribution < 1.29 is 17.6 Å². The normalized spacial score (nSPS) is 16.4. The second kappa shape index (κ2) is 13.5. The van der Waals surface area contributed by atoms with Gasteiger partial charge in [0.15, 0.2) is 5.96 Å². The Hall–Kier alpha value is -0.750. The summed E-state index contributed by atoms with van der Waals surface area (Å²) < 4.78 is 50.8. The minimum atomic E-state index is -4.11. The van der Waals surface area contributed by atoms with Crippen molar-refractivity contribution in [3.05, 3.63) is 30.1 Å². The molecule has 1 aliphatic rings. The Kier molecular flexibility index (Phi) is 12.3. The monoisotopic (exact) mass is 548 g/mol. The van der Waals surface area contributed by atoms with Crippen LogP contribution in [0.1, 0.15) is 19.3 Å². The lowest BCUT2D eigenvalue weighted by atomic mass is 9.93. The summed E-state index contributed by atoms with van der Waals surface area (Å²) in [5.74, 6) is 1.62. The van der Waals surface area contributed by atoms with E-state index in [4.69, 9.17) is 0 Å². The lowest BCUT2D eigenvalue weighted by Gasteiger charge is -2.32. The number of hydrogen-bond donors (Lipinski definition) is 2. The van der Waals surface area contributed by atoms with Crippen LogP contribution in [0.25, 0.3) is 0 Å². The Balaban J connectivity index is 0.00000420. The first-order valence-corrected chi connectivity index (χ1v) is 10.5. The number of nitrogens with zero attached hydrogens (tertiary/aromatic N) is 2. The first-order valence-electron chi connectivity index (χ1n) is 9.48. The highest BCUT2D eigenvalue weighted by Gasteiger charge is 2.32. The van der Waals surface area contributed by atoms with Crippen molar-refractivity contribution in [1.82, 2.24) is 15.5 Å². The van der Waals surface area contributed by atoms with Crippen molar-refractivity contribution in [1.29, 1.82) is 0 Å². The molecule has 1 heterocycles. The van der Waals surface area contributed by atoms with Crippen molar-refractivity contribution in [3.8, 4) is 0 Å². The third-order valence-electron chi connectivity index (χ3n) is 4.67. The van der Waals surface area contributed by atoms with Gasteiger partial charge in [0, 0.05) is 30.8 Å². The van der Waals surface area contributed by atoms with Crippen LogP contribution in [0.5, 0.6) is 0 Å². The van der Waals surface area contributed by atoms with Crippen LogP contribution in [0.2, 0.25) is 0 Å². The molecule has 0 unspecified atom stereocenters. The van der Waals surface area contributed by atoms with Gasteiger partial charge >= 0.3 is 6.18 Å². The number of likely N-dealkylation sites (tertiary alicyclic amines) is 1. The van der Waals surface area contributed by atoms with Gasteiger partial charge in [0.2, 0.25) is 0 Å². The van der Waals surface area contributed by atoms with Crippen LogP contribution in [-0.4, -0.2) is 62.6 Å². The predicted octanol–water partition coefficient (Wildman–Crippen LogP) is 4.37. The van der Waals surface area contributed by atoms with Gasteiger partial charge in [-0.25, -0.2) is 4.39 Å². The molecule has 1 aliphatic heterocycles. The van der Waals surface area contributed by atoms with Gasteiger partial charge in [0.1, 0.15) is 5.82 Å². The smallest absolute Gasteiger partial charge is 0.356 e. The summed E-state index contributed by atoms with van der Waals surface area (Å²) >= 11 is 1.45. The summed E-state index contributed by atoms with van der Waals surface area (Å²) in [6.07, 6.45) is -1.62. The molecule has 1 aromatic rings. The van der Waals surface area contributed by atoms with Crippen molar-refractivity contribution in [3.63, 3.8) is 0 Å². The lowest BCUT2D eigenvalue weighted by molar-refractivity contribution is -0.148. The molecule has 1 aromatic carbocycles. The van der Waals surface area contributed by atoms with Gasteiger partial charge in [-0.1, -0.05) is 12.1 Å². The van der Waals surface area contributed by atoms with Crippen molar-refractivity contribution >= 4 is 41.7 Å². The summed E-state index contributed by atoms with van der Waals surface area (Å²) in [5.41, 5.74) is 0. The van der Waals surface area contributed by atoms with E-state index in [0.717, 1.165) is 25.8 Å². The van der Waals surface area contributed by atoms with Gasteiger partial charge in [-0.15, -0.1) is 35.7 Å². The van der Waals surface area contributed by atoms with E-state index in [0.29, 0.717) is 42.2 Å². The molecular formula is C19H29F4IN4S. The summed E-state index contributed by atoms with van der Waals surface area (Å²) in [7, 11) is 1.69. The van der Waals surface area contributed by atoms with E-state index in [1.54, 1.807) is 19.2 Å². The highest BCUT2D eigenvalue weighted by atomic mass is 127. The third kappa shape index (κ3) is 10.7. The Morgan fingerprint density at radius 1 is 1.17 bits per heavy atom. The fourth-order valence-electron chi connectivity index (χ4n) is 3.19. The maximum absolute atomic E-state index is 13.6. The number of hydrogen-bond acceptors (Lipinski definition) is 3. The quantitative estimate of drug-likeness (QED) is 0.127. The molecule has 0 atom stereocenters. The van der Waals surface area contributed by atoms with E-state index in [2.05, 4.69) is 15.6 Å². The SMILES string of the molecule is CN=C(NCCSc1ccccc1F)NCCC1CCN(CC(F)(F)F)CC1.I. The molecule has 0 amide bonds. The minimum absolute atomic E-state index is 0. The Labute approximate surface area is 191 Å². The highest BCUT2D eigenvalue weighted by Crippen LogP contribution is 2.24. The highest BCUT2D eigenvalue weighted by molar-refractivity contribution is 14.0. The largest absolute Gasteiger partial charge is 0.401 e. The maximum Gasteiger partial charge on any atom is 0.401 e. The molecule has 29 heavy (non-hydrogen) atoms. The fraction of sp³-hybridized carbons (Fsp3) is 0.632. The molecule has 0 saturated carbocycles. The van der Waals surface area contributed by atoms with E-state index in [1.165, 1.54) is 22.7 Å². The summed E-state index contributed by atoms with van der Waals surface area (Å²) in [5, 5.41) is 6.43. The van der Waals surface area contributed by atoms with Crippen molar-refractivity contribution in [2.75, 3.05) is 45.5 Å². The molecule has 2 N–H and O–H groups in total. The van der Waals surface area contributed by atoms with Crippen molar-refractivity contribution in [2.24, 2.45) is 10.9 Å². The second-order valence-corrected chi connectivity index (χ2v) is 7.96. The molecule has 0 radical (unpaired) electrons. The molecule has 2 rings (SSSR count). The number of aliphatic imine (C=N–C) groups is 1.